The lowest BCUT2D eigenvalue weighted by Crippen LogP contribution is -2.15. The molecule has 0 fully saturated rings. The van der Waals surface area contributed by atoms with Crippen LogP contribution in [0.2, 0.25) is 0 Å². The Balaban J connectivity index is 1.85. The van der Waals surface area contributed by atoms with Gasteiger partial charge in [-0.2, -0.15) is 0 Å². The number of carboxylic acid groups (broad SMARTS) is 1. The summed E-state index contributed by atoms with van der Waals surface area (Å²) in [5.74, 6) is -1.24. The number of rotatable bonds is 5. The standard InChI is InChI=1S/C18H18N4O2/c1-12-2-5-14(6-3-12)22-10-16(21-11-22)15(18(23)24)8-13-4-7-17(19)20-9-13/h2-7,9-11,15H,8H2,1H3,(H2,19,20)(H,23,24). The van der Waals surface area contributed by atoms with Crippen LogP contribution in [0.4, 0.5) is 5.82 Å². The largest absolute Gasteiger partial charge is 0.481 e. The predicted molar refractivity (Wildman–Crippen MR) is 91.0 cm³/mol. The van der Waals surface area contributed by atoms with E-state index in [-0.39, 0.29) is 0 Å². The number of nitrogens with two attached hydrogens (primary N) is 1. The molecule has 2 heterocycles. The molecule has 1 aromatic carbocycles. The van der Waals surface area contributed by atoms with Crippen molar-refractivity contribution in [2.45, 2.75) is 19.3 Å². The van der Waals surface area contributed by atoms with Crippen LogP contribution in [0.3, 0.4) is 0 Å². The zero-order valence-corrected chi connectivity index (χ0v) is 13.3. The number of imidazole rings is 1. The number of pyridine rings is 1. The van der Waals surface area contributed by atoms with Crippen LogP contribution in [0, 0.1) is 6.92 Å². The highest BCUT2D eigenvalue weighted by molar-refractivity contribution is 5.75. The molecular weight excluding hydrogens is 304 g/mol. The molecule has 0 spiro atoms. The molecule has 0 saturated heterocycles. The fourth-order valence-electron chi connectivity index (χ4n) is 2.49. The molecule has 3 N–H and O–H groups in total. The second-order valence-electron chi connectivity index (χ2n) is 5.73. The first-order valence-electron chi connectivity index (χ1n) is 7.57. The maximum atomic E-state index is 11.7. The topological polar surface area (TPSA) is 94.0 Å². The van der Waals surface area contributed by atoms with Crippen molar-refractivity contribution in [1.82, 2.24) is 14.5 Å². The Morgan fingerprint density at radius 2 is 1.96 bits per heavy atom. The Labute approximate surface area is 139 Å². The van der Waals surface area contributed by atoms with Gasteiger partial charge < -0.3 is 15.4 Å². The van der Waals surface area contributed by atoms with Crippen LogP contribution in [0.1, 0.15) is 22.7 Å². The molecule has 0 bridgehead atoms. The summed E-state index contributed by atoms with van der Waals surface area (Å²) in [4.78, 5) is 20.0. The number of hydrogen-bond acceptors (Lipinski definition) is 4. The van der Waals surface area contributed by atoms with Crippen LogP contribution in [0.15, 0.2) is 55.1 Å². The lowest BCUT2D eigenvalue weighted by molar-refractivity contribution is -0.138. The van der Waals surface area contributed by atoms with Gasteiger partial charge in [0.25, 0.3) is 0 Å². The maximum Gasteiger partial charge on any atom is 0.312 e. The summed E-state index contributed by atoms with van der Waals surface area (Å²) in [6, 6.07) is 11.4. The van der Waals surface area contributed by atoms with Crippen molar-refractivity contribution in [3.8, 4) is 5.69 Å². The molecule has 6 heteroatoms. The normalized spacial score (nSPS) is 12.0. The van der Waals surface area contributed by atoms with E-state index in [1.807, 2.05) is 35.8 Å². The Hall–Kier alpha value is -3.15. The van der Waals surface area contributed by atoms with E-state index in [1.165, 1.54) is 5.56 Å². The third kappa shape index (κ3) is 3.43. The van der Waals surface area contributed by atoms with Gasteiger partial charge in [0.05, 0.1) is 12.0 Å². The van der Waals surface area contributed by atoms with Crippen molar-refractivity contribution in [2.24, 2.45) is 0 Å². The molecule has 1 atom stereocenters. The van der Waals surface area contributed by atoms with E-state index in [1.54, 1.807) is 30.9 Å². The van der Waals surface area contributed by atoms with Gasteiger partial charge in [-0.15, -0.1) is 0 Å². The van der Waals surface area contributed by atoms with Crippen LogP contribution >= 0.6 is 0 Å². The minimum Gasteiger partial charge on any atom is -0.481 e. The zero-order chi connectivity index (χ0) is 17.1. The number of carbonyl (C=O) groups is 1. The fourth-order valence-corrected chi connectivity index (χ4v) is 2.49. The average molecular weight is 322 g/mol. The van der Waals surface area contributed by atoms with Gasteiger partial charge in [-0.25, -0.2) is 9.97 Å². The van der Waals surface area contributed by atoms with Crippen LogP contribution in [-0.4, -0.2) is 25.6 Å². The monoisotopic (exact) mass is 322 g/mol. The predicted octanol–water partition coefficient (Wildman–Crippen LogP) is 2.57. The van der Waals surface area contributed by atoms with Crippen molar-refractivity contribution in [3.63, 3.8) is 0 Å². The van der Waals surface area contributed by atoms with Gasteiger partial charge in [-0.1, -0.05) is 23.8 Å². The van der Waals surface area contributed by atoms with Crippen LogP contribution in [0.25, 0.3) is 5.69 Å². The third-order valence-corrected chi connectivity index (χ3v) is 3.88. The molecule has 24 heavy (non-hydrogen) atoms. The van der Waals surface area contributed by atoms with Crippen LogP contribution in [-0.2, 0) is 11.2 Å². The number of carboxylic acids is 1. The van der Waals surface area contributed by atoms with Gasteiger partial charge in [-0.3, -0.25) is 4.79 Å². The summed E-state index contributed by atoms with van der Waals surface area (Å²) in [6.07, 6.45) is 5.31. The average Bonchev–Trinajstić information content (AvgIpc) is 3.04. The number of aliphatic carboxylic acids is 1. The molecule has 2 aromatic heterocycles. The Morgan fingerprint density at radius 3 is 2.58 bits per heavy atom. The summed E-state index contributed by atoms with van der Waals surface area (Å²) in [7, 11) is 0. The summed E-state index contributed by atoms with van der Waals surface area (Å²) < 4.78 is 1.83. The van der Waals surface area contributed by atoms with Crippen molar-refractivity contribution in [3.05, 3.63) is 71.9 Å². The first kappa shape index (κ1) is 15.7. The first-order chi connectivity index (χ1) is 11.5. The summed E-state index contributed by atoms with van der Waals surface area (Å²) in [5, 5.41) is 9.56. The van der Waals surface area contributed by atoms with Gasteiger partial charge in [0, 0.05) is 18.1 Å². The molecule has 1 unspecified atom stereocenters. The molecule has 122 valence electrons. The quantitative estimate of drug-likeness (QED) is 0.753. The Kier molecular flexibility index (Phi) is 4.29. The molecule has 0 aliphatic carbocycles. The van der Waals surface area contributed by atoms with Crippen LogP contribution in [0.5, 0.6) is 0 Å². The number of benzene rings is 1. The number of anilines is 1. The van der Waals surface area contributed by atoms with Crippen molar-refractivity contribution in [1.29, 1.82) is 0 Å². The molecule has 0 amide bonds. The molecule has 0 saturated carbocycles. The minimum atomic E-state index is -0.916. The minimum absolute atomic E-state index is 0.313. The maximum absolute atomic E-state index is 11.7. The Morgan fingerprint density at radius 1 is 1.21 bits per heavy atom. The van der Waals surface area contributed by atoms with E-state index in [0.717, 1.165) is 11.3 Å². The van der Waals surface area contributed by atoms with Gasteiger partial charge >= 0.3 is 5.97 Å². The molecule has 3 rings (SSSR count). The summed E-state index contributed by atoms with van der Waals surface area (Å²) in [5.41, 5.74) is 8.99. The van der Waals surface area contributed by atoms with Gasteiger partial charge in [-0.05, 0) is 37.1 Å². The van der Waals surface area contributed by atoms with Crippen molar-refractivity contribution < 1.29 is 9.90 Å². The summed E-state index contributed by atoms with van der Waals surface area (Å²) >= 11 is 0. The summed E-state index contributed by atoms with van der Waals surface area (Å²) in [6.45, 7) is 2.02. The lowest BCUT2D eigenvalue weighted by atomic mass is 9.98. The van der Waals surface area contributed by atoms with Crippen molar-refractivity contribution >= 4 is 11.8 Å². The number of nitrogen functional groups attached to an aromatic ring is 1. The van der Waals surface area contributed by atoms with E-state index in [9.17, 15) is 9.90 Å². The second-order valence-corrected chi connectivity index (χ2v) is 5.73. The molecule has 6 nitrogen and oxygen atoms in total. The molecule has 0 aliphatic rings. The smallest absolute Gasteiger partial charge is 0.312 e. The highest BCUT2D eigenvalue weighted by Crippen LogP contribution is 2.21. The number of aryl methyl sites for hydroxylation is 1. The Bertz CT molecular complexity index is 838. The number of hydrogen-bond donors (Lipinski definition) is 2. The van der Waals surface area contributed by atoms with Crippen molar-refractivity contribution in [2.75, 3.05) is 5.73 Å². The zero-order valence-electron chi connectivity index (χ0n) is 13.3. The second kappa shape index (κ2) is 6.54. The SMILES string of the molecule is Cc1ccc(-n2cnc(C(Cc3ccc(N)nc3)C(=O)O)c2)cc1. The number of aromatic nitrogens is 3. The molecule has 3 aromatic rings. The van der Waals surface area contributed by atoms with Crippen LogP contribution < -0.4 is 5.73 Å². The van der Waals surface area contributed by atoms with E-state index >= 15 is 0 Å². The first-order valence-corrected chi connectivity index (χ1v) is 7.57. The lowest BCUT2D eigenvalue weighted by Gasteiger charge is -2.10. The van der Waals surface area contributed by atoms with Gasteiger partial charge in [0.1, 0.15) is 11.7 Å². The molecule has 0 aliphatic heterocycles. The van der Waals surface area contributed by atoms with E-state index in [2.05, 4.69) is 9.97 Å². The molecule has 0 radical (unpaired) electrons. The van der Waals surface area contributed by atoms with Gasteiger partial charge in [0.15, 0.2) is 0 Å². The molecular formula is C18H18N4O2. The highest BCUT2D eigenvalue weighted by Gasteiger charge is 2.23. The fraction of sp³-hybridized carbons (Fsp3) is 0.167. The van der Waals surface area contributed by atoms with E-state index in [0.29, 0.717) is 17.9 Å². The van der Waals surface area contributed by atoms with E-state index < -0.39 is 11.9 Å². The highest BCUT2D eigenvalue weighted by atomic mass is 16.4. The van der Waals surface area contributed by atoms with Gasteiger partial charge in [0.2, 0.25) is 0 Å². The third-order valence-electron chi connectivity index (χ3n) is 3.88. The number of nitrogens with zero attached hydrogens (tertiary/aromatic N) is 3. The van der Waals surface area contributed by atoms with E-state index in [4.69, 9.17) is 5.73 Å².